The van der Waals surface area contributed by atoms with Crippen LogP contribution in [0.5, 0.6) is 0 Å². The molecule has 0 aromatic heterocycles. The summed E-state index contributed by atoms with van der Waals surface area (Å²) in [5.41, 5.74) is 0. The van der Waals surface area contributed by atoms with Crippen LogP contribution < -0.4 is 0 Å². The Morgan fingerprint density at radius 2 is 2.29 bits per heavy atom. The van der Waals surface area contributed by atoms with Gasteiger partial charge in [0.15, 0.2) is 0 Å². The minimum Gasteiger partial charge on any atom is -0.432 e. The minimum atomic E-state index is -0.654. The van der Waals surface area contributed by atoms with Gasteiger partial charge >= 0.3 is 6.16 Å². The number of hydrogen-bond donors (Lipinski definition) is 1. The monoisotopic (exact) mass is 202 g/mol. The number of aliphatic hydroxyl groups is 1. The van der Waals surface area contributed by atoms with Crippen LogP contribution >= 0.6 is 0 Å². The van der Waals surface area contributed by atoms with Gasteiger partial charge in [0.05, 0.1) is 6.61 Å². The second-order valence-electron chi connectivity index (χ2n) is 3.83. The molecule has 2 atom stereocenters. The Balaban J connectivity index is 2.18. The third-order valence-corrected chi connectivity index (χ3v) is 2.46. The summed E-state index contributed by atoms with van der Waals surface area (Å²) in [6, 6.07) is 0. The van der Waals surface area contributed by atoms with Crippen molar-refractivity contribution in [3.05, 3.63) is 0 Å². The molecule has 1 fully saturated rings. The summed E-state index contributed by atoms with van der Waals surface area (Å²) in [5.74, 6) is 0.624. The Kier molecular flexibility index (Phi) is 4.73. The first kappa shape index (κ1) is 11.3. The average molecular weight is 202 g/mol. The van der Waals surface area contributed by atoms with Crippen LogP contribution in [0.15, 0.2) is 0 Å². The van der Waals surface area contributed by atoms with Gasteiger partial charge in [-0.3, -0.25) is 0 Å². The summed E-state index contributed by atoms with van der Waals surface area (Å²) in [7, 11) is 0. The maximum Gasteiger partial charge on any atom is 0.508 e. The molecule has 0 spiro atoms. The van der Waals surface area contributed by atoms with Crippen molar-refractivity contribution in [3.8, 4) is 0 Å². The lowest BCUT2D eigenvalue weighted by Gasteiger charge is -2.25. The number of hydrogen-bond acceptors (Lipinski definition) is 4. The normalized spacial score (nSPS) is 27.0. The Morgan fingerprint density at radius 1 is 1.50 bits per heavy atom. The summed E-state index contributed by atoms with van der Waals surface area (Å²) in [6.45, 7) is 2.02. The van der Waals surface area contributed by atoms with E-state index >= 15 is 0 Å². The van der Waals surface area contributed by atoms with Gasteiger partial charge < -0.3 is 14.6 Å². The maximum absolute atomic E-state index is 11.0. The van der Waals surface area contributed by atoms with E-state index in [1.54, 1.807) is 0 Å². The largest absolute Gasteiger partial charge is 0.508 e. The van der Waals surface area contributed by atoms with Crippen LogP contribution in [0.2, 0.25) is 0 Å². The molecule has 0 aromatic rings. The molecular weight excluding hydrogens is 184 g/mol. The van der Waals surface area contributed by atoms with E-state index in [0.29, 0.717) is 5.92 Å². The van der Waals surface area contributed by atoms with Crippen molar-refractivity contribution < 1.29 is 19.4 Å². The number of carbonyl (C=O) groups excluding carboxylic acids is 1. The first-order chi connectivity index (χ1) is 6.72. The molecule has 82 valence electrons. The highest BCUT2D eigenvalue weighted by Crippen LogP contribution is 2.25. The molecule has 0 amide bonds. The van der Waals surface area contributed by atoms with Crippen LogP contribution in [0.4, 0.5) is 4.79 Å². The van der Waals surface area contributed by atoms with E-state index < -0.39 is 6.16 Å². The Morgan fingerprint density at radius 3 is 2.93 bits per heavy atom. The van der Waals surface area contributed by atoms with E-state index in [-0.39, 0.29) is 19.3 Å². The number of ether oxygens (including phenoxy) is 2. The fourth-order valence-electron chi connectivity index (χ4n) is 1.78. The number of rotatable bonds is 3. The molecule has 1 N–H and O–H groups in total. The van der Waals surface area contributed by atoms with Crippen molar-refractivity contribution in [2.45, 2.75) is 38.7 Å². The van der Waals surface area contributed by atoms with Gasteiger partial charge in [-0.1, -0.05) is 13.3 Å². The number of aliphatic hydroxyl groups excluding tert-OH is 1. The number of carbonyl (C=O) groups is 1. The SMILES string of the molecule is C[C@@H]1CCC[C@H](OC(=O)OCCO)C1. The molecule has 0 radical (unpaired) electrons. The molecular formula is C10H18O4. The summed E-state index contributed by atoms with van der Waals surface area (Å²) in [6.07, 6.45) is 3.53. The fraction of sp³-hybridized carbons (Fsp3) is 0.900. The standard InChI is InChI=1S/C10H18O4/c1-8-3-2-4-9(7-8)14-10(12)13-6-5-11/h8-9,11H,2-7H2,1H3/t8-,9+/m1/s1. The predicted octanol–water partition coefficient (Wildman–Crippen LogP) is 1.71. The highest BCUT2D eigenvalue weighted by atomic mass is 16.7. The zero-order valence-corrected chi connectivity index (χ0v) is 8.57. The first-order valence-electron chi connectivity index (χ1n) is 5.16. The molecule has 1 aliphatic carbocycles. The van der Waals surface area contributed by atoms with Gasteiger partial charge in [0.25, 0.3) is 0 Å². The van der Waals surface area contributed by atoms with Gasteiger partial charge in [0.1, 0.15) is 12.7 Å². The molecule has 0 saturated heterocycles. The van der Waals surface area contributed by atoms with Crippen LogP contribution in [-0.4, -0.2) is 30.6 Å². The van der Waals surface area contributed by atoms with Gasteiger partial charge in [-0.2, -0.15) is 0 Å². The van der Waals surface area contributed by atoms with Crippen LogP contribution in [0.25, 0.3) is 0 Å². The third-order valence-electron chi connectivity index (χ3n) is 2.46. The van der Waals surface area contributed by atoms with Crippen molar-refractivity contribution >= 4 is 6.16 Å². The van der Waals surface area contributed by atoms with Gasteiger partial charge in [-0.25, -0.2) is 4.79 Å². The molecule has 0 bridgehead atoms. The molecule has 0 heterocycles. The zero-order chi connectivity index (χ0) is 10.4. The van der Waals surface area contributed by atoms with Crippen LogP contribution in [0.1, 0.15) is 32.6 Å². The predicted molar refractivity (Wildman–Crippen MR) is 50.9 cm³/mol. The van der Waals surface area contributed by atoms with E-state index in [4.69, 9.17) is 9.84 Å². The summed E-state index contributed by atoms with van der Waals surface area (Å²) < 4.78 is 9.71. The maximum atomic E-state index is 11.0. The molecule has 0 aromatic carbocycles. The quantitative estimate of drug-likeness (QED) is 0.708. The first-order valence-corrected chi connectivity index (χ1v) is 5.16. The Bertz CT molecular complexity index is 181. The molecule has 4 nitrogen and oxygen atoms in total. The molecule has 0 aliphatic heterocycles. The Labute approximate surface area is 84.2 Å². The molecule has 1 aliphatic rings. The van der Waals surface area contributed by atoms with Crippen molar-refractivity contribution in [1.82, 2.24) is 0 Å². The van der Waals surface area contributed by atoms with Crippen molar-refractivity contribution in [1.29, 1.82) is 0 Å². The van der Waals surface area contributed by atoms with Crippen molar-refractivity contribution in [3.63, 3.8) is 0 Å². The van der Waals surface area contributed by atoms with E-state index in [2.05, 4.69) is 11.7 Å². The Hall–Kier alpha value is -0.770. The van der Waals surface area contributed by atoms with Crippen LogP contribution in [0.3, 0.4) is 0 Å². The van der Waals surface area contributed by atoms with E-state index in [1.165, 1.54) is 6.42 Å². The van der Waals surface area contributed by atoms with Crippen molar-refractivity contribution in [2.24, 2.45) is 5.92 Å². The summed E-state index contributed by atoms with van der Waals surface area (Å²) >= 11 is 0. The lowest BCUT2D eigenvalue weighted by molar-refractivity contribution is -0.00160. The van der Waals surface area contributed by atoms with E-state index in [1.807, 2.05) is 0 Å². The third kappa shape index (κ3) is 3.96. The molecule has 4 heteroatoms. The smallest absolute Gasteiger partial charge is 0.432 e. The minimum absolute atomic E-state index is 0.00458. The average Bonchev–Trinajstić information content (AvgIpc) is 2.15. The second-order valence-corrected chi connectivity index (χ2v) is 3.83. The van der Waals surface area contributed by atoms with E-state index in [0.717, 1.165) is 19.3 Å². The summed E-state index contributed by atoms with van der Waals surface area (Å²) in [5, 5.41) is 8.43. The topological polar surface area (TPSA) is 55.8 Å². The van der Waals surface area contributed by atoms with Crippen molar-refractivity contribution in [2.75, 3.05) is 13.2 Å². The zero-order valence-electron chi connectivity index (χ0n) is 8.57. The van der Waals surface area contributed by atoms with Gasteiger partial charge in [-0.15, -0.1) is 0 Å². The molecule has 1 rings (SSSR count). The molecule has 14 heavy (non-hydrogen) atoms. The van der Waals surface area contributed by atoms with Crippen LogP contribution in [0, 0.1) is 5.92 Å². The van der Waals surface area contributed by atoms with Gasteiger partial charge in [0.2, 0.25) is 0 Å². The summed E-state index contributed by atoms with van der Waals surface area (Å²) in [4.78, 5) is 11.0. The van der Waals surface area contributed by atoms with E-state index in [9.17, 15) is 4.79 Å². The van der Waals surface area contributed by atoms with Crippen LogP contribution in [-0.2, 0) is 9.47 Å². The molecule has 1 saturated carbocycles. The lowest BCUT2D eigenvalue weighted by Crippen LogP contribution is -2.25. The highest BCUT2D eigenvalue weighted by Gasteiger charge is 2.22. The van der Waals surface area contributed by atoms with Gasteiger partial charge in [0, 0.05) is 0 Å². The van der Waals surface area contributed by atoms with Gasteiger partial charge in [-0.05, 0) is 25.2 Å². The molecule has 0 unspecified atom stereocenters. The fourth-order valence-corrected chi connectivity index (χ4v) is 1.78. The lowest BCUT2D eigenvalue weighted by atomic mass is 9.89. The highest BCUT2D eigenvalue weighted by molar-refractivity contribution is 5.60. The second kappa shape index (κ2) is 5.86.